The zero-order chi connectivity index (χ0) is 16.7. The number of hydrogen-bond donors (Lipinski definition) is 1. The number of carbonyl (C=O) groups excluding carboxylic acids is 1. The fourth-order valence-electron chi connectivity index (χ4n) is 3.42. The van der Waals surface area contributed by atoms with Crippen LogP contribution in [0.25, 0.3) is 11.1 Å². The second kappa shape index (κ2) is 5.34. The molecule has 1 atom stereocenters. The molecule has 1 aliphatic rings. The largest absolute Gasteiger partial charge is 0.325 e. The van der Waals surface area contributed by atoms with Crippen molar-refractivity contribution in [1.29, 1.82) is 0 Å². The van der Waals surface area contributed by atoms with E-state index in [1.54, 1.807) is 4.68 Å². The second-order valence-corrected chi connectivity index (χ2v) is 6.61. The van der Waals surface area contributed by atoms with Gasteiger partial charge in [0.05, 0.1) is 11.6 Å². The fourth-order valence-corrected chi connectivity index (χ4v) is 3.42. The van der Waals surface area contributed by atoms with Crippen molar-refractivity contribution >= 4 is 11.6 Å². The van der Waals surface area contributed by atoms with Crippen LogP contribution in [-0.4, -0.2) is 15.7 Å². The number of benzene rings is 2. The Morgan fingerprint density at radius 2 is 1.92 bits per heavy atom. The van der Waals surface area contributed by atoms with Crippen molar-refractivity contribution < 1.29 is 4.79 Å². The van der Waals surface area contributed by atoms with Crippen LogP contribution in [-0.2, 0) is 23.7 Å². The summed E-state index contributed by atoms with van der Waals surface area (Å²) in [5.74, 6) is 0.0599. The quantitative estimate of drug-likeness (QED) is 0.803. The molecule has 4 heteroatoms. The van der Waals surface area contributed by atoms with E-state index >= 15 is 0 Å². The van der Waals surface area contributed by atoms with Gasteiger partial charge in [-0.1, -0.05) is 36.4 Å². The molecule has 3 aromatic rings. The number of amides is 1. The lowest BCUT2D eigenvalue weighted by Gasteiger charge is -2.22. The van der Waals surface area contributed by atoms with E-state index in [9.17, 15) is 4.79 Å². The van der Waals surface area contributed by atoms with Gasteiger partial charge in [0.25, 0.3) is 0 Å². The standard InChI is InChI=1S/C20H19N3O/c1-20(11-14-6-4-3-5-7-14)17-10-15(16-12-21-23(2)13-16)8-9-18(17)22-19(20)24/h3-10,12-13H,11H2,1-2H3,(H,22,24). The van der Waals surface area contributed by atoms with Gasteiger partial charge in [0.1, 0.15) is 0 Å². The van der Waals surface area contributed by atoms with Crippen LogP contribution in [0.1, 0.15) is 18.1 Å². The molecule has 2 heterocycles. The molecule has 1 aromatic heterocycles. The van der Waals surface area contributed by atoms with Gasteiger partial charge in [-0.2, -0.15) is 5.10 Å². The van der Waals surface area contributed by atoms with Gasteiger partial charge in [-0.15, -0.1) is 0 Å². The molecule has 2 aromatic carbocycles. The molecular weight excluding hydrogens is 298 g/mol. The number of hydrogen-bond acceptors (Lipinski definition) is 2. The monoisotopic (exact) mass is 317 g/mol. The summed E-state index contributed by atoms with van der Waals surface area (Å²) in [6.45, 7) is 2.02. The Balaban J connectivity index is 1.77. The van der Waals surface area contributed by atoms with Crippen LogP contribution >= 0.6 is 0 Å². The smallest absolute Gasteiger partial charge is 0.235 e. The maximum absolute atomic E-state index is 12.7. The van der Waals surface area contributed by atoms with Crippen molar-refractivity contribution in [2.75, 3.05) is 5.32 Å². The minimum absolute atomic E-state index is 0.0599. The van der Waals surface area contributed by atoms with Crippen LogP contribution in [0.3, 0.4) is 0 Å². The van der Waals surface area contributed by atoms with Crippen LogP contribution in [0.2, 0.25) is 0 Å². The Bertz CT molecular complexity index is 914. The summed E-state index contributed by atoms with van der Waals surface area (Å²) in [6, 6.07) is 16.3. The molecule has 0 aliphatic carbocycles. The van der Waals surface area contributed by atoms with Crippen LogP contribution in [0.4, 0.5) is 5.69 Å². The van der Waals surface area contributed by atoms with E-state index in [0.717, 1.165) is 27.9 Å². The zero-order valence-electron chi connectivity index (χ0n) is 13.8. The number of anilines is 1. The summed E-state index contributed by atoms with van der Waals surface area (Å²) in [6.07, 6.45) is 4.52. The first-order chi connectivity index (χ1) is 11.6. The average Bonchev–Trinajstić information content (AvgIpc) is 3.11. The lowest BCUT2D eigenvalue weighted by Crippen LogP contribution is -2.33. The Hall–Kier alpha value is -2.88. The molecular formula is C20H19N3O. The van der Waals surface area contributed by atoms with Gasteiger partial charge in [-0.3, -0.25) is 9.48 Å². The number of aryl methyl sites for hydroxylation is 1. The van der Waals surface area contributed by atoms with Crippen LogP contribution in [0.15, 0.2) is 60.9 Å². The molecule has 0 saturated carbocycles. The van der Waals surface area contributed by atoms with E-state index < -0.39 is 5.41 Å². The number of nitrogens with zero attached hydrogens (tertiary/aromatic N) is 2. The predicted molar refractivity (Wildman–Crippen MR) is 94.8 cm³/mol. The Morgan fingerprint density at radius 3 is 2.62 bits per heavy atom. The van der Waals surface area contributed by atoms with Gasteiger partial charge in [0.15, 0.2) is 0 Å². The summed E-state index contributed by atoms with van der Waals surface area (Å²) < 4.78 is 1.79. The highest BCUT2D eigenvalue weighted by molar-refractivity contribution is 6.06. The first-order valence-corrected chi connectivity index (χ1v) is 8.05. The fraction of sp³-hybridized carbons (Fsp3) is 0.200. The van der Waals surface area contributed by atoms with Gasteiger partial charge in [0, 0.05) is 24.5 Å². The Morgan fingerprint density at radius 1 is 1.12 bits per heavy atom. The van der Waals surface area contributed by atoms with E-state index in [2.05, 4.69) is 28.6 Å². The van der Waals surface area contributed by atoms with Crippen molar-refractivity contribution in [3.05, 3.63) is 72.1 Å². The Labute approximate surface area is 141 Å². The van der Waals surface area contributed by atoms with Crippen LogP contribution < -0.4 is 5.32 Å². The molecule has 1 aliphatic heterocycles. The van der Waals surface area contributed by atoms with Gasteiger partial charge in [-0.25, -0.2) is 0 Å². The average molecular weight is 317 g/mol. The Kier molecular flexibility index (Phi) is 3.27. The lowest BCUT2D eigenvalue weighted by molar-refractivity contribution is -0.120. The summed E-state index contributed by atoms with van der Waals surface area (Å²) in [5.41, 5.74) is 4.70. The van der Waals surface area contributed by atoms with Crippen LogP contribution in [0.5, 0.6) is 0 Å². The lowest BCUT2D eigenvalue weighted by atomic mass is 9.77. The first-order valence-electron chi connectivity index (χ1n) is 8.05. The highest BCUT2D eigenvalue weighted by atomic mass is 16.2. The molecule has 24 heavy (non-hydrogen) atoms. The van der Waals surface area contributed by atoms with E-state index in [0.29, 0.717) is 6.42 Å². The minimum atomic E-state index is -0.561. The summed E-state index contributed by atoms with van der Waals surface area (Å²) in [5, 5.41) is 7.27. The van der Waals surface area contributed by atoms with Crippen molar-refractivity contribution in [2.24, 2.45) is 7.05 Å². The van der Waals surface area contributed by atoms with Gasteiger partial charge < -0.3 is 5.32 Å². The number of nitrogens with one attached hydrogen (secondary N) is 1. The molecule has 0 radical (unpaired) electrons. The normalized spacial score (nSPS) is 19.2. The van der Waals surface area contributed by atoms with E-state index in [-0.39, 0.29) is 5.91 Å². The topological polar surface area (TPSA) is 46.9 Å². The van der Waals surface area contributed by atoms with Gasteiger partial charge in [0.2, 0.25) is 5.91 Å². The number of fused-ring (bicyclic) bond motifs is 1. The molecule has 1 unspecified atom stereocenters. The number of rotatable bonds is 3. The van der Waals surface area contributed by atoms with Crippen molar-refractivity contribution in [3.63, 3.8) is 0 Å². The molecule has 1 N–H and O–H groups in total. The van der Waals surface area contributed by atoms with Crippen molar-refractivity contribution in [1.82, 2.24) is 9.78 Å². The van der Waals surface area contributed by atoms with E-state index in [1.165, 1.54) is 0 Å². The summed E-state index contributed by atoms with van der Waals surface area (Å²) in [7, 11) is 1.90. The third-order valence-electron chi connectivity index (χ3n) is 4.80. The molecule has 0 bridgehead atoms. The highest BCUT2D eigenvalue weighted by Gasteiger charge is 2.42. The van der Waals surface area contributed by atoms with Crippen molar-refractivity contribution in [2.45, 2.75) is 18.8 Å². The molecule has 1 amide bonds. The van der Waals surface area contributed by atoms with Gasteiger partial charge in [-0.05, 0) is 42.2 Å². The van der Waals surface area contributed by atoms with Crippen LogP contribution in [0, 0.1) is 0 Å². The molecule has 0 saturated heterocycles. The predicted octanol–water partition coefficient (Wildman–Crippen LogP) is 3.54. The van der Waals surface area contributed by atoms with Gasteiger partial charge >= 0.3 is 0 Å². The second-order valence-electron chi connectivity index (χ2n) is 6.61. The number of carbonyl (C=O) groups is 1. The van der Waals surface area contributed by atoms with E-state index in [1.807, 2.05) is 56.7 Å². The third-order valence-corrected chi connectivity index (χ3v) is 4.80. The molecule has 120 valence electrons. The molecule has 4 nitrogen and oxygen atoms in total. The molecule has 4 rings (SSSR count). The van der Waals surface area contributed by atoms with Crippen molar-refractivity contribution in [3.8, 4) is 11.1 Å². The molecule has 0 fully saturated rings. The zero-order valence-corrected chi connectivity index (χ0v) is 13.8. The number of aromatic nitrogens is 2. The van der Waals surface area contributed by atoms with E-state index in [4.69, 9.17) is 0 Å². The first kappa shape index (κ1) is 14.7. The summed E-state index contributed by atoms with van der Waals surface area (Å²) in [4.78, 5) is 12.7. The summed E-state index contributed by atoms with van der Waals surface area (Å²) >= 11 is 0. The molecule has 0 spiro atoms. The highest BCUT2D eigenvalue weighted by Crippen LogP contribution is 2.41. The third kappa shape index (κ3) is 2.31. The minimum Gasteiger partial charge on any atom is -0.325 e. The maximum Gasteiger partial charge on any atom is 0.235 e. The SMILES string of the molecule is Cn1cc(-c2ccc3c(c2)C(C)(Cc2ccccc2)C(=O)N3)cn1. The maximum atomic E-state index is 12.7.